The van der Waals surface area contributed by atoms with Crippen LogP contribution in [0, 0.1) is 0 Å². The molecule has 1 N–H and O–H groups in total. The van der Waals surface area contributed by atoms with E-state index in [2.05, 4.69) is 9.88 Å². The fourth-order valence-corrected chi connectivity index (χ4v) is 4.36. The number of nitrogens with one attached hydrogen (secondary N) is 1. The van der Waals surface area contributed by atoms with E-state index in [0.29, 0.717) is 12.3 Å². The van der Waals surface area contributed by atoms with Crippen LogP contribution in [0.3, 0.4) is 0 Å². The van der Waals surface area contributed by atoms with Crippen LogP contribution in [0.25, 0.3) is 16.7 Å². The van der Waals surface area contributed by atoms with Gasteiger partial charge in [-0.15, -0.1) is 11.3 Å². The van der Waals surface area contributed by atoms with Gasteiger partial charge in [-0.3, -0.25) is 9.36 Å². The van der Waals surface area contributed by atoms with Gasteiger partial charge in [-0.25, -0.2) is 4.98 Å². The molecule has 0 spiro atoms. The summed E-state index contributed by atoms with van der Waals surface area (Å²) in [5, 5.41) is 5.76. The Labute approximate surface area is 171 Å². The standard InChI is InChI=1S/C21H19N3O2S2/c1-26-16-10-8-15(9-11-16)24-19-7-3-2-6-18(19)23-21(24)28-14-20(25)22-13-17-5-4-12-27-17/h2-12H,13-14H2,1H3,(H,22,25). The third-order valence-corrected chi connectivity index (χ3v) is 6.05. The second-order valence-electron chi connectivity index (χ2n) is 6.06. The molecule has 4 rings (SSSR count). The van der Waals surface area contributed by atoms with Crippen LogP contribution in [0.1, 0.15) is 4.88 Å². The number of ether oxygens (including phenoxy) is 1. The van der Waals surface area contributed by atoms with E-state index in [1.54, 1.807) is 18.4 Å². The number of methoxy groups -OCH3 is 1. The second kappa shape index (κ2) is 8.50. The molecule has 0 saturated heterocycles. The molecule has 5 nitrogen and oxygen atoms in total. The molecule has 7 heteroatoms. The summed E-state index contributed by atoms with van der Waals surface area (Å²) in [4.78, 5) is 18.1. The number of thioether (sulfide) groups is 1. The number of amides is 1. The van der Waals surface area contributed by atoms with Crippen molar-refractivity contribution in [1.29, 1.82) is 0 Å². The highest BCUT2D eigenvalue weighted by Gasteiger charge is 2.14. The Morgan fingerprint density at radius 1 is 1.14 bits per heavy atom. The van der Waals surface area contributed by atoms with Crippen molar-refractivity contribution in [2.24, 2.45) is 0 Å². The van der Waals surface area contributed by atoms with Crippen molar-refractivity contribution in [3.8, 4) is 11.4 Å². The van der Waals surface area contributed by atoms with Crippen LogP contribution in [0.5, 0.6) is 5.75 Å². The van der Waals surface area contributed by atoms with Gasteiger partial charge in [0.05, 0.1) is 30.4 Å². The van der Waals surface area contributed by atoms with Gasteiger partial charge >= 0.3 is 0 Å². The topological polar surface area (TPSA) is 56.1 Å². The Hall–Kier alpha value is -2.77. The van der Waals surface area contributed by atoms with E-state index in [4.69, 9.17) is 9.72 Å². The summed E-state index contributed by atoms with van der Waals surface area (Å²) in [6, 6.07) is 19.8. The van der Waals surface area contributed by atoms with Crippen LogP contribution >= 0.6 is 23.1 Å². The Balaban J connectivity index is 1.55. The Kier molecular flexibility index (Phi) is 5.64. The molecular weight excluding hydrogens is 390 g/mol. The maximum absolute atomic E-state index is 12.3. The predicted octanol–water partition coefficient (Wildman–Crippen LogP) is 4.50. The largest absolute Gasteiger partial charge is 0.497 e. The zero-order chi connectivity index (χ0) is 19.3. The van der Waals surface area contributed by atoms with Gasteiger partial charge in [-0.1, -0.05) is 30.0 Å². The number of carbonyl (C=O) groups excluding carboxylic acids is 1. The average molecular weight is 410 g/mol. The number of benzene rings is 2. The molecule has 28 heavy (non-hydrogen) atoms. The molecule has 2 aromatic carbocycles. The normalized spacial score (nSPS) is 10.9. The van der Waals surface area contributed by atoms with Crippen molar-refractivity contribution >= 4 is 40.0 Å². The lowest BCUT2D eigenvalue weighted by atomic mass is 10.2. The third kappa shape index (κ3) is 4.05. The lowest BCUT2D eigenvalue weighted by Crippen LogP contribution is -2.24. The molecular formula is C21H19N3O2S2. The van der Waals surface area contributed by atoms with Crippen molar-refractivity contribution in [3.63, 3.8) is 0 Å². The van der Waals surface area contributed by atoms with Crippen molar-refractivity contribution in [1.82, 2.24) is 14.9 Å². The zero-order valence-corrected chi connectivity index (χ0v) is 16.9. The second-order valence-corrected chi connectivity index (χ2v) is 8.04. The highest BCUT2D eigenvalue weighted by atomic mass is 32.2. The fourth-order valence-electron chi connectivity index (χ4n) is 2.86. The van der Waals surface area contributed by atoms with Crippen LogP contribution < -0.4 is 10.1 Å². The molecule has 4 aromatic rings. The van der Waals surface area contributed by atoms with Gasteiger partial charge in [0.2, 0.25) is 5.91 Å². The molecule has 2 heterocycles. The molecule has 0 unspecified atom stereocenters. The molecule has 0 bridgehead atoms. The summed E-state index contributed by atoms with van der Waals surface area (Å²) in [5.41, 5.74) is 2.89. The number of carbonyl (C=O) groups is 1. The van der Waals surface area contributed by atoms with E-state index in [1.807, 2.05) is 66.0 Å². The van der Waals surface area contributed by atoms with Gasteiger partial charge in [0.1, 0.15) is 5.75 Å². The van der Waals surface area contributed by atoms with Gasteiger partial charge in [-0.2, -0.15) is 0 Å². The number of hydrogen-bond acceptors (Lipinski definition) is 5. The maximum Gasteiger partial charge on any atom is 0.230 e. The van der Waals surface area contributed by atoms with Crippen LogP contribution in [0.4, 0.5) is 0 Å². The number of nitrogens with zero attached hydrogens (tertiary/aromatic N) is 2. The predicted molar refractivity (Wildman–Crippen MR) is 115 cm³/mol. The summed E-state index contributed by atoms with van der Waals surface area (Å²) in [7, 11) is 1.65. The molecule has 0 radical (unpaired) electrons. The zero-order valence-electron chi connectivity index (χ0n) is 15.3. The first-order valence-corrected chi connectivity index (χ1v) is 10.6. The minimum atomic E-state index is -0.00765. The first-order chi connectivity index (χ1) is 13.7. The molecule has 0 saturated carbocycles. The minimum absolute atomic E-state index is 0.00765. The SMILES string of the molecule is COc1ccc(-n2c(SCC(=O)NCc3cccs3)nc3ccccc32)cc1. The highest BCUT2D eigenvalue weighted by molar-refractivity contribution is 7.99. The molecule has 0 aliphatic rings. The summed E-state index contributed by atoms with van der Waals surface area (Å²) >= 11 is 3.07. The minimum Gasteiger partial charge on any atom is -0.497 e. The highest BCUT2D eigenvalue weighted by Crippen LogP contribution is 2.28. The number of fused-ring (bicyclic) bond motifs is 1. The number of para-hydroxylation sites is 2. The summed E-state index contributed by atoms with van der Waals surface area (Å²) < 4.78 is 7.33. The smallest absolute Gasteiger partial charge is 0.230 e. The van der Waals surface area contributed by atoms with Crippen molar-refractivity contribution in [3.05, 3.63) is 70.9 Å². The molecule has 0 fully saturated rings. The van der Waals surface area contributed by atoms with Gasteiger partial charge in [-0.05, 0) is 47.8 Å². The number of aromatic nitrogens is 2. The van der Waals surface area contributed by atoms with Gasteiger partial charge in [0.15, 0.2) is 5.16 Å². The van der Waals surface area contributed by atoms with Crippen LogP contribution in [-0.4, -0.2) is 28.3 Å². The third-order valence-electron chi connectivity index (χ3n) is 4.23. The summed E-state index contributed by atoms with van der Waals surface area (Å²) in [5.74, 6) is 1.10. The van der Waals surface area contributed by atoms with Crippen LogP contribution in [0.15, 0.2) is 71.2 Å². The Bertz CT molecular complexity index is 1070. The molecule has 1 amide bonds. The van der Waals surface area contributed by atoms with Crippen LogP contribution in [0.2, 0.25) is 0 Å². The van der Waals surface area contributed by atoms with Gasteiger partial charge < -0.3 is 10.1 Å². The average Bonchev–Trinajstić information content (AvgIpc) is 3.38. The molecule has 0 aliphatic carbocycles. The van der Waals surface area contributed by atoms with Gasteiger partial charge in [0, 0.05) is 10.6 Å². The summed E-state index contributed by atoms with van der Waals surface area (Å²) in [6.07, 6.45) is 0. The summed E-state index contributed by atoms with van der Waals surface area (Å²) in [6.45, 7) is 0.561. The molecule has 2 aromatic heterocycles. The van der Waals surface area contributed by atoms with E-state index < -0.39 is 0 Å². The van der Waals surface area contributed by atoms with Crippen LogP contribution in [-0.2, 0) is 11.3 Å². The maximum atomic E-state index is 12.3. The first-order valence-electron chi connectivity index (χ1n) is 8.78. The number of rotatable bonds is 7. The Morgan fingerprint density at radius 2 is 1.96 bits per heavy atom. The molecule has 0 atom stereocenters. The van der Waals surface area contributed by atoms with E-state index in [-0.39, 0.29) is 5.91 Å². The van der Waals surface area contributed by atoms with Crippen molar-refractivity contribution in [2.75, 3.05) is 12.9 Å². The number of hydrogen-bond donors (Lipinski definition) is 1. The Morgan fingerprint density at radius 3 is 2.71 bits per heavy atom. The van der Waals surface area contributed by atoms with E-state index in [0.717, 1.165) is 32.5 Å². The molecule has 0 aliphatic heterocycles. The van der Waals surface area contributed by atoms with E-state index in [1.165, 1.54) is 11.8 Å². The fraction of sp³-hybridized carbons (Fsp3) is 0.143. The monoisotopic (exact) mass is 409 g/mol. The van der Waals surface area contributed by atoms with Crippen molar-refractivity contribution in [2.45, 2.75) is 11.7 Å². The van der Waals surface area contributed by atoms with Gasteiger partial charge in [0.25, 0.3) is 0 Å². The quantitative estimate of drug-likeness (QED) is 0.457. The molecule has 142 valence electrons. The van der Waals surface area contributed by atoms with Crippen molar-refractivity contribution < 1.29 is 9.53 Å². The first kappa shape index (κ1) is 18.6. The lowest BCUT2D eigenvalue weighted by Gasteiger charge is -2.10. The lowest BCUT2D eigenvalue weighted by molar-refractivity contribution is -0.118. The number of thiophene rings is 1. The van der Waals surface area contributed by atoms with E-state index >= 15 is 0 Å². The number of imidazole rings is 1. The van der Waals surface area contributed by atoms with E-state index in [9.17, 15) is 4.79 Å².